The molecule has 0 aliphatic carbocycles. The van der Waals surface area contributed by atoms with Gasteiger partial charge in [0.15, 0.2) is 0 Å². The van der Waals surface area contributed by atoms with Crippen LogP contribution >= 0.6 is 0 Å². The summed E-state index contributed by atoms with van der Waals surface area (Å²) in [5.74, 6) is 0.152. The number of carbonyl (C=O) groups is 2. The molecule has 2 atom stereocenters. The Hall–Kier alpha value is -3.80. The number of likely N-dealkylation sites (tertiary alicyclic amines) is 1. The molecule has 1 aromatic heterocycles. The molecular weight excluding hydrogens is 430 g/mol. The second-order valence-electron chi connectivity index (χ2n) is 9.28. The number of hydrogen-bond acceptors (Lipinski definition) is 5. The lowest BCUT2D eigenvalue weighted by atomic mass is 9.92. The number of nitrogens with zero attached hydrogens (tertiary/aromatic N) is 1. The fraction of sp³-hybridized carbons (Fsp3) is 0.286. The van der Waals surface area contributed by atoms with Crippen LogP contribution in [0.25, 0.3) is 5.76 Å². The van der Waals surface area contributed by atoms with E-state index in [1.807, 2.05) is 37.3 Å². The summed E-state index contributed by atoms with van der Waals surface area (Å²) in [4.78, 5) is 27.8. The smallest absolute Gasteiger partial charge is 0.296 e. The molecule has 1 saturated heterocycles. The fourth-order valence-electron chi connectivity index (χ4n) is 4.75. The molecule has 174 valence electrons. The summed E-state index contributed by atoms with van der Waals surface area (Å²) < 4.78 is 11.2. The Morgan fingerprint density at radius 2 is 1.88 bits per heavy atom. The standard InChI is InChI=1S/C28H27NO5/c1-16(2)18-6-8-19(9-7-18)25-24(27(31)28(32)29(25)15-22-5-4-12-33-22)26(30)20-10-11-23-21(14-20)13-17(3)34-23/h4-12,14,16-17,25,30H,13,15H2,1-3H3/t17-,25-/m1/s1. The molecule has 1 fully saturated rings. The van der Waals surface area contributed by atoms with Crippen LogP contribution in [0.1, 0.15) is 60.7 Å². The topological polar surface area (TPSA) is 80.0 Å². The number of Topliss-reactive ketones (excluding diaryl/α,β-unsaturated/α-hetero) is 1. The summed E-state index contributed by atoms with van der Waals surface area (Å²) in [6, 6.07) is 16.0. The minimum absolute atomic E-state index is 0.0609. The van der Waals surface area contributed by atoms with Gasteiger partial charge in [0.25, 0.3) is 11.7 Å². The van der Waals surface area contributed by atoms with E-state index < -0.39 is 17.7 Å². The molecule has 6 nitrogen and oxygen atoms in total. The van der Waals surface area contributed by atoms with E-state index in [9.17, 15) is 14.7 Å². The summed E-state index contributed by atoms with van der Waals surface area (Å²) in [6.45, 7) is 6.33. The Balaban J connectivity index is 1.62. The van der Waals surface area contributed by atoms with Crippen molar-refractivity contribution in [2.45, 2.75) is 51.8 Å². The molecule has 34 heavy (non-hydrogen) atoms. The van der Waals surface area contributed by atoms with Gasteiger partial charge in [-0.15, -0.1) is 0 Å². The van der Waals surface area contributed by atoms with Crippen molar-refractivity contribution in [3.8, 4) is 5.75 Å². The molecule has 0 unspecified atom stereocenters. The summed E-state index contributed by atoms with van der Waals surface area (Å²) in [7, 11) is 0. The maximum atomic E-state index is 13.2. The summed E-state index contributed by atoms with van der Waals surface area (Å²) >= 11 is 0. The summed E-state index contributed by atoms with van der Waals surface area (Å²) in [5.41, 5.74) is 3.46. The SMILES string of the molecule is CC(C)c1ccc([C@@H]2C(=C(O)c3ccc4c(c3)C[C@@H](C)O4)C(=O)C(=O)N2Cc2ccco2)cc1. The first-order valence-electron chi connectivity index (χ1n) is 11.5. The number of amides is 1. The first kappa shape index (κ1) is 22.0. The normalized spacial score (nSPS) is 21.2. The van der Waals surface area contributed by atoms with Gasteiger partial charge in [-0.25, -0.2) is 0 Å². The van der Waals surface area contributed by atoms with E-state index >= 15 is 0 Å². The van der Waals surface area contributed by atoms with Gasteiger partial charge in [0, 0.05) is 12.0 Å². The first-order chi connectivity index (χ1) is 16.3. The molecular formula is C28H27NO5. The third-order valence-electron chi connectivity index (χ3n) is 6.53. The molecule has 6 heteroatoms. The quantitative estimate of drug-likeness (QED) is 0.317. The molecule has 5 rings (SSSR count). The first-order valence-corrected chi connectivity index (χ1v) is 11.5. The van der Waals surface area contributed by atoms with Crippen LogP contribution in [-0.4, -0.2) is 27.8 Å². The van der Waals surface area contributed by atoms with Crippen molar-refractivity contribution in [2.75, 3.05) is 0 Å². The average molecular weight is 458 g/mol. The van der Waals surface area contributed by atoms with E-state index in [1.54, 1.807) is 24.3 Å². The van der Waals surface area contributed by atoms with Crippen molar-refractivity contribution in [3.63, 3.8) is 0 Å². The Labute approximate surface area is 198 Å². The van der Waals surface area contributed by atoms with E-state index in [4.69, 9.17) is 9.15 Å². The molecule has 2 aliphatic rings. The van der Waals surface area contributed by atoms with Crippen LogP contribution in [-0.2, 0) is 22.6 Å². The largest absolute Gasteiger partial charge is 0.507 e. The highest BCUT2D eigenvalue weighted by molar-refractivity contribution is 6.46. The van der Waals surface area contributed by atoms with Gasteiger partial charge < -0.3 is 19.2 Å². The van der Waals surface area contributed by atoms with Gasteiger partial charge in [0.05, 0.1) is 24.4 Å². The zero-order valence-electron chi connectivity index (χ0n) is 19.4. The second kappa shape index (κ2) is 8.52. The number of aliphatic hydroxyl groups excluding tert-OH is 1. The number of benzene rings is 2. The summed E-state index contributed by atoms with van der Waals surface area (Å²) in [6.07, 6.45) is 2.32. The molecule has 2 aromatic carbocycles. The molecule has 0 spiro atoms. The molecule has 3 heterocycles. The maximum Gasteiger partial charge on any atom is 0.296 e. The zero-order valence-corrected chi connectivity index (χ0v) is 19.4. The Morgan fingerprint density at radius 1 is 1.12 bits per heavy atom. The third-order valence-corrected chi connectivity index (χ3v) is 6.53. The van der Waals surface area contributed by atoms with Gasteiger partial charge >= 0.3 is 0 Å². The van der Waals surface area contributed by atoms with E-state index in [0.29, 0.717) is 17.2 Å². The maximum absolute atomic E-state index is 13.2. The van der Waals surface area contributed by atoms with Gasteiger partial charge in [-0.2, -0.15) is 0 Å². The van der Waals surface area contributed by atoms with E-state index in [-0.39, 0.29) is 24.0 Å². The summed E-state index contributed by atoms with van der Waals surface area (Å²) in [5, 5.41) is 11.3. The van der Waals surface area contributed by atoms with Crippen molar-refractivity contribution >= 4 is 17.4 Å². The van der Waals surface area contributed by atoms with Gasteiger partial charge in [0.2, 0.25) is 0 Å². The van der Waals surface area contributed by atoms with Crippen molar-refractivity contribution in [2.24, 2.45) is 0 Å². The van der Waals surface area contributed by atoms with Crippen LogP contribution in [0.15, 0.2) is 70.9 Å². The number of ketones is 1. The number of aliphatic hydroxyl groups is 1. The Kier molecular flexibility index (Phi) is 5.52. The number of fused-ring (bicyclic) bond motifs is 1. The average Bonchev–Trinajstić information content (AvgIpc) is 3.53. The number of carbonyl (C=O) groups excluding carboxylic acids is 2. The molecule has 0 bridgehead atoms. The lowest BCUT2D eigenvalue weighted by molar-refractivity contribution is -0.140. The predicted octanol–water partition coefficient (Wildman–Crippen LogP) is 5.35. The highest BCUT2D eigenvalue weighted by Crippen LogP contribution is 2.41. The minimum Gasteiger partial charge on any atom is -0.507 e. The van der Waals surface area contributed by atoms with Crippen molar-refractivity contribution in [1.82, 2.24) is 4.90 Å². The number of ether oxygens (including phenoxy) is 1. The highest BCUT2D eigenvalue weighted by Gasteiger charge is 2.46. The number of furan rings is 1. The molecule has 0 saturated carbocycles. The van der Waals surface area contributed by atoms with Crippen LogP contribution < -0.4 is 4.74 Å². The van der Waals surface area contributed by atoms with Crippen LogP contribution in [0.2, 0.25) is 0 Å². The van der Waals surface area contributed by atoms with Crippen molar-refractivity contribution in [3.05, 3.63) is 94.4 Å². The predicted molar refractivity (Wildman–Crippen MR) is 127 cm³/mol. The highest BCUT2D eigenvalue weighted by atomic mass is 16.5. The van der Waals surface area contributed by atoms with Gasteiger partial charge in [0.1, 0.15) is 23.4 Å². The van der Waals surface area contributed by atoms with E-state index in [1.165, 1.54) is 11.2 Å². The second-order valence-corrected chi connectivity index (χ2v) is 9.28. The molecule has 3 aromatic rings. The minimum atomic E-state index is -0.727. The van der Waals surface area contributed by atoms with Gasteiger partial charge in [-0.05, 0) is 59.9 Å². The third kappa shape index (κ3) is 3.79. The molecule has 0 radical (unpaired) electrons. The monoisotopic (exact) mass is 457 g/mol. The van der Waals surface area contributed by atoms with Crippen LogP contribution in [0, 0.1) is 0 Å². The van der Waals surface area contributed by atoms with Crippen LogP contribution in [0.4, 0.5) is 0 Å². The van der Waals surface area contributed by atoms with Crippen molar-refractivity contribution in [1.29, 1.82) is 0 Å². The van der Waals surface area contributed by atoms with E-state index in [0.717, 1.165) is 28.9 Å². The molecule has 1 N–H and O–H groups in total. The van der Waals surface area contributed by atoms with Gasteiger partial charge in [-0.1, -0.05) is 38.1 Å². The zero-order chi connectivity index (χ0) is 24.0. The fourth-order valence-corrected chi connectivity index (χ4v) is 4.75. The number of hydrogen-bond donors (Lipinski definition) is 1. The van der Waals surface area contributed by atoms with Crippen LogP contribution in [0.3, 0.4) is 0 Å². The van der Waals surface area contributed by atoms with Gasteiger partial charge in [-0.3, -0.25) is 9.59 Å². The van der Waals surface area contributed by atoms with Crippen molar-refractivity contribution < 1.29 is 23.8 Å². The molecule has 2 aliphatic heterocycles. The Morgan fingerprint density at radius 3 is 2.56 bits per heavy atom. The Bertz CT molecular complexity index is 1270. The number of rotatable bonds is 5. The van der Waals surface area contributed by atoms with E-state index in [2.05, 4.69) is 13.8 Å². The lowest BCUT2D eigenvalue weighted by Gasteiger charge is -2.25. The lowest BCUT2D eigenvalue weighted by Crippen LogP contribution is -2.29. The van der Waals surface area contributed by atoms with Crippen LogP contribution in [0.5, 0.6) is 5.75 Å². The molecule has 1 amide bonds.